The SMILES string of the molecule is Cc1ccccc1-n1c(C)cc(C(=O)Cn2cnc(C(N)=O)c2)c1C. The Balaban J connectivity index is 1.93. The van der Waals surface area contributed by atoms with Crippen molar-refractivity contribution in [1.82, 2.24) is 14.1 Å². The maximum Gasteiger partial charge on any atom is 0.268 e. The number of amides is 1. The maximum absolute atomic E-state index is 12.7. The Labute approximate surface area is 145 Å². The average Bonchev–Trinajstić information content (AvgIpc) is 3.13. The highest BCUT2D eigenvalue weighted by Crippen LogP contribution is 2.23. The molecule has 2 N–H and O–H groups in total. The van der Waals surface area contributed by atoms with Crippen LogP contribution in [-0.2, 0) is 6.54 Å². The van der Waals surface area contributed by atoms with Crippen LogP contribution in [0.4, 0.5) is 0 Å². The van der Waals surface area contributed by atoms with Gasteiger partial charge in [-0.05, 0) is 38.5 Å². The Morgan fingerprint density at radius 3 is 2.52 bits per heavy atom. The lowest BCUT2D eigenvalue weighted by molar-refractivity contribution is 0.0966. The van der Waals surface area contributed by atoms with Crippen LogP contribution in [0.3, 0.4) is 0 Å². The van der Waals surface area contributed by atoms with E-state index in [0.717, 1.165) is 22.6 Å². The summed E-state index contributed by atoms with van der Waals surface area (Å²) >= 11 is 0. The molecule has 0 saturated carbocycles. The Kier molecular flexibility index (Phi) is 4.27. The van der Waals surface area contributed by atoms with Crippen LogP contribution in [0.25, 0.3) is 5.69 Å². The van der Waals surface area contributed by atoms with Gasteiger partial charge < -0.3 is 14.9 Å². The lowest BCUT2D eigenvalue weighted by Crippen LogP contribution is -2.12. The number of nitrogens with zero attached hydrogens (tertiary/aromatic N) is 3. The largest absolute Gasteiger partial charge is 0.364 e. The molecule has 0 unspecified atom stereocenters. The van der Waals surface area contributed by atoms with Gasteiger partial charge in [0, 0.05) is 28.8 Å². The van der Waals surface area contributed by atoms with Crippen molar-refractivity contribution in [2.45, 2.75) is 27.3 Å². The fraction of sp³-hybridized carbons (Fsp3) is 0.211. The second-order valence-corrected chi connectivity index (χ2v) is 6.13. The summed E-state index contributed by atoms with van der Waals surface area (Å²) in [4.78, 5) is 27.7. The summed E-state index contributed by atoms with van der Waals surface area (Å²) in [5.41, 5.74) is 10.1. The molecule has 0 fully saturated rings. The van der Waals surface area contributed by atoms with Gasteiger partial charge in [-0.15, -0.1) is 0 Å². The van der Waals surface area contributed by atoms with Crippen molar-refractivity contribution in [3.05, 3.63) is 71.1 Å². The second-order valence-electron chi connectivity index (χ2n) is 6.13. The van der Waals surface area contributed by atoms with Gasteiger partial charge in [-0.25, -0.2) is 4.98 Å². The van der Waals surface area contributed by atoms with Crippen LogP contribution in [0.5, 0.6) is 0 Å². The van der Waals surface area contributed by atoms with Crippen LogP contribution < -0.4 is 5.73 Å². The summed E-state index contributed by atoms with van der Waals surface area (Å²) in [6.07, 6.45) is 2.93. The zero-order valence-corrected chi connectivity index (χ0v) is 14.5. The molecule has 0 aliphatic rings. The molecule has 25 heavy (non-hydrogen) atoms. The lowest BCUT2D eigenvalue weighted by atomic mass is 10.1. The van der Waals surface area contributed by atoms with E-state index in [1.807, 2.05) is 51.1 Å². The van der Waals surface area contributed by atoms with Gasteiger partial charge in [-0.3, -0.25) is 9.59 Å². The number of Topliss-reactive ketones (excluding diaryl/α,β-unsaturated/α-hetero) is 1. The summed E-state index contributed by atoms with van der Waals surface area (Å²) in [5, 5.41) is 0. The maximum atomic E-state index is 12.7. The highest BCUT2D eigenvalue weighted by molar-refractivity contribution is 5.97. The van der Waals surface area contributed by atoms with Crippen LogP contribution >= 0.6 is 0 Å². The minimum Gasteiger partial charge on any atom is -0.364 e. The predicted molar refractivity (Wildman–Crippen MR) is 95.1 cm³/mol. The Bertz CT molecular complexity index is 966. The van der Waals surface area contributed by atoms with Crippen LogP contribution in [-0.4, -0.2) is 25.8 Å². The van der Waals surface area contributed by atoms with E-state index in [2.05, 4.69) is 9.55 Å². The topological polar surface area (TPSA) is 82.9 Å². The average molecular weight is 336 g/mol. The number of hydrogen-bond acceptors (Lipinski definition) is 3. The van der Waals surface area contributed by atoms with E-state index < -0.39 is 5.91 Å². The van der Waals surface area contributed by atoms with Gasteiger partial charge in [0.15, 0.2) is 5.78 Å². The summed E-state index contributed by atoms with van der Waals surface area (Å²) < 4.78 is 3.66. The Morgan fingerprint density at radius 2 is 1.88 bits per heavy atom. The number of rotatable bonds is 5. The first-order valence-corrected chi connectivity index (χ1v) is 7.98. The third kappa shape index (κ3) is 3.10. The fourth-order valence-electron chi connectivity index (χ4n) is 3.05. The van der Waals surface area contributed by atoms with E-state index in [1.165, 1.54) is 12.5 Å². The number of carbonyl (C=O) groups is 2. The van der Waals surface area contributed by atoms with Crippen LogP contribution in [0.15, 0.2) is 42.9 Å². The molecule has 0 radical (unpaired) electrons. The van der Waals surface area contributed by atoms with Crippen molar-refractivity contribution < 1.29 is 9.59 Å². The summed E-state index contributed by atoms with van der Waals surface area (Å²) in [6.45, 7) is 6.08. The minimum absolute atomic E-state index is 0.0404. The number of primary amides is 1. The van der Waals surface area contributed by atoms with E-state index in [0.29, 0.717) is 5.56 Å². The van der Waals surface area contributed by atoms with E-state index >= 15 is 0 Å². The first kappa shape index (κ1) is 16.7. The number of nitrogens with two attached hydrogens (primary N) is 1. The monoisotopic (exact) mass is 336 g/mol. The van der Waals surface area contributed by atoms with Crippen LogP contribution in [0.2, 0.25) is 0 Å². The van der Waals surface area contributed by atoms with Gasteiger partial charge in [-0.1, -0.05) is 18.2 Å². The molecule has 0 aliphatic heterocycles. The molecule has 6 heteroatoms. The highest BCUT2D eigenvalue weighted by Gasteiger charge is 2.18. The molecule has 3 aromatic rings. The van der Waals surface area contributed by atoms with Gasteiger partial charge in [0.1, 0.15) is 5.69 Å². The normalized spacial score (nSPS) is 10.8. The van der Waals surface area contributed by atoms with Gasteiger partial charge in [0.05, 0.1) is 12.9 Å². The van der Waals surface area contributed by atoms with Crippen LogP contribution in [0, 0.1) is 20.8 Å². The number of hydrogen-bond donors (Lipinski definition) is 1. The quantitative estimate of drug-likeness (QED) is 0.727. The molecule has 0 saturated heterocycles. The molecule has 0 spiro atoms. The molecule has 0 aliphatic carbocycles. The molecule has 6 nitrogen and oxygen atoms in total. The minimum atomic E-state index is -0.607. The fourth-order valence-corrected chi connectivity index (χ4v) is 3.05. The molecule has 2 heterocycles. The van der Waals surface area contributed by atoms with E-state index in [-0.39, 0.29) is 18.0 Å². The Morgan fingerprint density at radius 1 is 1.16 bits per heavy atom. The molecular formula is C19H20N4O2. The van der Waals surface area contributed by atoms with Crippen molar-refractivity contribution in [2.75, 3.05) is 0 Å². The standard InChI is InChI=1S/C19H20N4O2/c1-12-6-4-5-7-17(12)23-13(2)8-15(14(23)3)18(24)10-22-9-16(19(20)25)21-11-22/h4-9,11H,10H2,1-3H3,(H2,20,25). The zero-order chi connectivity index (χ0) is 18.1. The van der Waals surface area contributed by atoms with Crippen LogP contribution in [0.1, 0.15) is 37.8 Å². The van der Waals surface area contributed by atoms with Crippen molar-refractivity contribution >= 4 is 11.7 Å². The van der Waals surface area contributed by atoms with E-state index in [1.54, 1.807) is 4.57 Å². The van der Waals surface area contributed by atoms with Crippen molar-refractivity contribution in [3.63, 3.8) is 0 Å². The number of benzene rings is 1. The first-order valence-electron chi connectivity index (χ1n) is 7.98. The number of carbonyl (C=O) groups excluding carboxylic acids is 2. The molecule has 0 bridgehead atoms. The molecular weight excluding hydrogens is 316 g/mol. The molecule has 1 amide bonds. The molecule has 128 valence electrons. The summed E-state index contributed by atoms with van der Waals surface area (Å²) in [5.74, 6) is -0.648. The number of imidazole rings is 1. The van der Waals surface area contributed by atoms with E-state index in [4.69, 9.17) is 5.73 Å². The lowest BCUT2D eigenvalue weighted by Gasteiger charge is -2.12. The third-order valence-corrected chi connectivity index (χ3v) is 4.30. The number of para-hydroxylation sites is 1. The number of aromatic nitrogens is 3. The number of aryl methyl sites for hydroxylation is 2. The number of ketones is 1. The summed E-state index contributed by atoms with van der Waals surface area (Å²) in [6, 6.07) is 9.97. The predicted octanol–water partition coefficient (Wildman–Crippen LogP) is 2.58. The van der Waals surface area contributed by atoms with Crippen molar-refractivity contribution in [1.29, 1.82) is 0 Å². The molecule has 2 aromatic heterocycles. The van der Waals surface area contributed by atoms with Crippen molar-refractivity contribution in [3.8, 4) is 5.69 Å². The highest BCUT2D eigenvalue weighted by atomic mass is 16.1. The molecule has 1 aromatic carbocycles. The molecule has 0 atom stereocenters. The van der Waals surface area contributed by atoms with Gasteiger partial charge in [-0.2, -0.15) is 0 Å². The second kappa shape index (κ2) is 6.39. The van der Waals surface area contributed by atoms with Gasteiger partial charge in [0.25, 0.3) is 5.91 Å². The van der Waals surface area contributed by atoms with Crippen molar-refractivity contribution in [2.24, 2.45) is 5.73 Å². The summed E-state index contributed by atoms with van der Waals surface area (Å²) in [7, 11) is 0. The smallest absolute Gasteiger partial charge is 0.268 e. The molecule has 3 rings (SSSR count). The zero-order valence-electron chi connectivity index (χ0n) is 14.5. The third-order valence-electron chi connectivity index (χ3n) is 4.30. The Hall–Kier alpha value is -3.15. The van der Waals surface area contributed by atoms with Gasteiger partial charge >= 0.3 is 0 Å². The van der Waals surface area contributed by atoms with Gasteiger partial charge in [0.2, 0.25) is 0 Å². The first-order chi connectivity index (χ1) is 11.9. The van der Waals surface area contributed by atoms with E-state index in [9.17, 15) is 9.59 Å².